The summed E-state index contributed by atoms with van der Waals surface area (Å²) < 4.78 is 1.56. The minimum Gasteiger partial charge on any atom is -0.475 e. The van der Waals surface area contributed by atoms with Crippen LogP contribution in [-0.4, -0.2) is 32.4 Å². The Morgan fingerprint density at radius 3 is 2.68 bits per heavy atom. The van der Waals surface area contributed by atoms with Crippen molar-refractivity contribution in [3.05, 3.63) is 52.3 Å². The van der Waals surface area contributed by atoms with Gasteiger partial charge < -0.3 is 5.11 Å². The first-order valence-electron chi connectivity index (χ1n) is 6.44. The zero-order valence-corrected chi connectivity index (χ0v) is 12.5. The summed E-state index contributed by atoms with van der Waals surface area (Å²) in [5.74, 6) is -3.30. The second-order valence-electron chi connectivity index (χ2n) is 4.78. The van der Waals surface area contributed by atoms with Crippen LogP contribution in [0.3, 0.4) is 0 Å². The van der Waals surface area contributed by atoms with E-state index in [9.17, 15) is 14.4 Å². The molecule has 0 atom stereocenters. The fourth-order valence-corrected chi connectivity index (χ4v) is 2.22. The number of rotatable bonds is 6. The van der Waals surface area contributed by atoms with E-state index in [0.29, 0.717) is 17.3 Å². The summed E-state index contributed by atoms with van der Waals surface area (Å²) in [6.07, 6.45) is 0.840. The van der Waals surface area contributed by atoms with Crippen LogP contribution in [0.2, 0.25) is 5.02 Å². The van der Waals surface area contributed by atoms with Crippen LogP contribution in [0.15, 0.2) is 30.5 Å². The smallest absolute Gasteiger partial charge is 0.372 e. The molecular weight excluding hydrogens is 308 g/mol. The molecule has 1 aromatic carbocycles. The van der Waals surface area contributed by atoms with Gasteiger partial charge in [-0.1, -0.05) is 23.7 Å². The van der Waals surface area contributed by atoms with Gasteiger partial charge in [-0.3, -0.25) is 14.3 Å². The van der Waals surface area contributed by atoms with Crippen molar-refractivity contribution in [2.24, 2.45) is 0 Å². The Bertz CT molecular complexity index is 752. The standard InChI is InChI=1S/C15H13ClN2O4/c1-9-12(13(19)6-14(20)15(21)22)8-18(17-9)7-10-3-2-4-11(16)5-10/h2-5,8H,6-7H2,1H3,(H,21,22). The first kappa shape index (κ1) is 15.9. The van der Waals surface area contributed by atoms with E-state index in [4.69, 9.17) is 16.7 Å². The minimum atomic E-state index is -1.61. The van der Waals surface area contributed by atoms with Gasteiger partial charge in [0, 0.05) is 11.2 Å². The van der Waals surface area contributed by atoms with E-state index in [0.717, 1.165) is 5.56 Å². The van der Waals surface area contributed by atoms with Gasteiger partial charge in [-0.15, -0.1) is 0 Å². The van der Waals surface area contributed by atoms with Crippen LogP contribution in [0.1, 0.15) is 28.0 Å². The predicted octanol–water partition coefficient (Wildman–Crippen LogP) is 2.12. The number of carbonyl (C=O) groups is 3. The fourth-order valence-electron chi connectivity index (χ4n) is 2.01. The van der Waals surface area contributed by atoms with Crippen LogP contribution in [-0.2, 0) is 16.1 Å². The molecule has 22 heavy (non-hydrogen) atoms. The number of aromatic nitrogens is 2. The van der Waals surface area contributed by atoms with Gasteiger partial charge in [0.25, 0.3) is 0 Å². The fraction of sp³-hybridized carbons (Fsp3) is 0.200. The van der Waals surface area contributed by atoms with E-state index in [1.54, 1.807) is 23.7 Å². The SMILES string of the molecule is Cc1nn(Cc2cccc(Cl)c2)cc1C(=O)CC(=O)C(=O)O. The Labute approximate surface area is 131 Å². The summed E-state index contributed by atoms with van der Waals surface area (Å²) in [4.78, 5) is 33.5. The van der Waals surface area contributed by atoms with Gasteiger partial charge >= 0.3 is 5.97 Å². The number of carboxylic acids is 1. The van der Waals surface area contributed by atoms with Crippen molar-refractivity contribution >= 4 is 29.1 Å². The molecule has 6 nitrogen and oxygen atoms in total. The Morgan fingerprint density at radius 1 is 1.32 bits per heavy atom. The lowest BCUT2D eigenvalue weighted by molar-refractivity contribution is -0.148. The number of aliphatic carboxylic acids is 1. The molecule has 0 amide bonds. The Morgan fingerprint density at radius 2 is 2.05 bits per heavy atom. The normalized spacial score (nSPS) is 10.5. The van der Waals surface area contributed by atoms with Gasteiger partial charge in [0.15, 0.2) is 5.78 Å². The molecule has 2 rings (SSSR count). The lowest BCUT2D eigenvalue weighted by atomic mass is 10.1. The summed E-state index contributed by atoms with van der Waals surface area (Å²) in [5, 5.41) is 13.3. The lowest BCUT2D eigenvalue weighted by Gasteiger charge is -2.02. The highest BCUT2D eigenvalue weighted by atomic mass is 35.5. The van der Waals surface area contributed by atoms with E-state index in [2.05, 4.69) is 5.10 Å². The Hall–Kier alpha value is -2.47. The number of hydrogen-bond acceptors (Lipinski definition) is 4. The summed E-state index contributed by atoms with van der Waals surface area (Å²) in [6, 6.07) is 7.23. The molecule has 0 bridgehead atoms. The summed E-state index contributed by atoms with van der Waals surface area (Å²) in [5.41, 5.74) is 1.61. The average Bonchev–Trinajstić information content (AvgIpc) is 2.79. The van der Waals surface area contributed by atoms with Crippen molar-refractivity contribution in [1.82, 2.24) is 9.78 Å². The first-order chi connectivity index (χ1) is 10.4. The monoisotopic (exact) mass is 320 g/mol. The molecular formula is C15H13ClN2O4. The molecule has 0 unspecified atom stereocenters. The minimum absolute atomic E-state index is 0.247. The molecule has 114 valence electrons. The van der Waals surface area contributed by atoms with Crippen LogP contribution in [0.4, 0.5) is 0 Å². The van der Waals surface area contributed by atoms with Crippen LogP contribution in [0, 0.1) is 6.92 Å². The number of carboxylic acid groups (broad SMARTS) is 1. The number of ketones is 2. The molecule has 0 aliphatic rings. The van der Waals surface area contributed by atoms with Crippen LogP contribution < -0.4 is 0 Å². The molecule has 0 aliphatic carbocycles. The number of Topliss-reactive ketones (excluding diaryl/α,β-unsaturated/α-hetero) is 2. The largest absolute Gasteiger partial charge is 0.475 e. The van der Waals surface area contributed by atoms with Crippen LogP contribution in [0.5, 0.6) is 0 Å². The molecule has 0 saturated heterocycles. The molecule has 0 saturated carbocycles. The van der Waals surface area contributed by atoms with E-state index in [1.807, 2.05) is 12.1 Å². The van der Waals surface area contributed by atoms with Crippen molar-refractivity contribution in [2.75, 3.05) is 0 Å². The van der Waals surface area contributed by atoms with E-state index >= 15 is 0 Å². The summed E-state index contributed by atoms with van der Waals surface area (Å²) in [7, 11) is 0. The predicted molar refractivity (Wildman–Crippen MR) is 79.1 cm³/mol. The second kappa shape index (κ2) is 6.53. The Kier molecular flexibility index (Phi) is 4.72. The zero-order chi connectivity index (χ0) is 16.3. The maximum atomic E-state index is 11.9. The van der Waals surface area contributed by atoms with Gasteiger partial charge in [-0.25, -0.2) is 4.79 Å². The lowest BCUT2D eigenvalue weighted by Crippen LogP contribution is -2.17. The molecule has 1 aromatic heterocycles. The molecule has 7 heteroatoms. The third-order valence-corrected chi connectivity index (χ3v) is 3.28. The highest BCUT2D eigenvalue weighted by molar-refractivity contribution is 6.37. The zero-order valence-electron chi connectivity index (χ0n) is 11.7. The molecule has 1 N–H and O–H groups in total. The highest BCUT2D eigenvalue weighted by Crippen LogP contribution is 2.14. The second-order valence-corrected chi connectivity index (χ2v) is 5.22. The molecule has 0 radical (unpaired) electrons. The van der Waals surface area contributed by atoms with E-state index < -0.39 is 24.0 Å². The summed E-state index contributed by atoms with van der Waals surface area (Å²) in [6.45, 7) is 2.05. The topological polar surface area (TPSA) is 89.3 Å². The third kappa shape index (κ3) is 3.79. The quantitative estimate of drug-likeness (QED) is 0.500. The van der Waals surface area contributed by atoms with Crippen molar-refractivity contribution in [1.29, 1.82) is 0 Å². The van der Waals surface area contributed by atoms with Crippen molar-refractivity contribution in [2.45, 2.75) is 19.9 Å². The molecule has 2 aromatic rings. The average molecular weight is 321 g/mol. The van der Waals surface area contributed by atoms with Gasteiger partial charge in [-0.05, 0) is 24.6 Å². The number of nitrogens with zero attached hydrogens (tertiary/aromatic N) is 2. The van der Waals surface area contributed by atoms with Crippen LogP contribution in [0.25, 0.3) is 0 Å². The Balaban J connectivity index is 2.16. The first-order valence-corrected chi connectivity index (χ1v) is 6.82. The maximum absolute atomic E-state index is 11.9. The number of aryl methyl sites for hydroxylation is 1. The van der Waals surface area contributed by atoms with E-state index in [-0.39, 0.29) is 5.56 Å². The summed E-state index contributed by atoms with van der Waals surface area (Å²) >= 11 is 5.91. The molecule has 0 aliphatic heterocycles. The van der Waals surface area contributed by atoms with Crippen molar-refractivity contribution in [3.63, 3.8) is 0 Å². The van der Waals surface area contributed by atoms with Gasteiger partial charge in [0.1, 0.15) is 0 Å². The van der Waals surface area contributed by atoms with Crippen molar-refractivity contribution < 1.29 is 19.5 Å². The van der Waals surface area contributed by atoms with Gasteiger partial charge in [0.05, 0.1) is 24.2 Å². The maximum Gasteiger partial charge on any atom is 0.372 e. The number of halogens is 1. The van der Waals surface area contributed by atoms with Crippen molar-refractivity contribution in [3.8, 4) is 0 Å². The number of hydrogen-bond donors (Lipinski definition) is 1. The third-order valence-electron chi connectivity index (χ3n) is 3.04. The number of benzene rings is 1. The van der Waals surface area contributed by atoms with Gasteiger partial charge in [0.2, 0.25) is 5.78 Å². The molecule has 0 spiro atoms. The molecule has 1 heterocycles. The van der Waals surface area contributed by atoms with Crippen LogP contribution >= 0.6 is 11.6 Å². The molecule has 0 fully saturated rings. The highest BCUT2D eigenvalue weighted by Gasteiger charge is 2.21. The number of carbonyl (C=O) groups excluding carboxylic acids is 2. The van der Waals surface area contributed by atoms with E-state index in [1.165, 1.54) is 6.20 Å². The van der Waals surface area contributed by atoms with Gasteiger partial charge in [-0.2, -0.15) is 5.10 Å².